The van der Waals surface area contributed by atoms with Crippen LogP contribution in [0.25, 0.3) is 11.2 Å². The molecule has 3 aromatic rings. The second-order valence-electron chi connectivity index (χ2n) is 5.37. The Bertz CT molecular complexity index is 881. The van der Waals surface area contributed by atoms with E-state index in [0.29, 0.717) is 11.8 Å². The van der Waals surface area contributed by atoms with E-state index < -0.39 is 0 Å². The Morgan fingerprint density at radius 1 is 1.33 bits per heavy atom. The highest BCUT2D eigenvalue weighted by Gasteiger charge is 2.26. The maximum Gasteiger partial charge on any atom is 0.215 e. The Morgan fingerprint density at radius 2 is 2.19 bits per heavy atom. The maximum atomic E-state index is 5.45. The van der Waals surface area contributed by atoms with Gasteiger partial charge in [-0.15, -0.1) is 0 Å². The fraction of sp³-hybridized carbons (Fsp3) is 0.250. The van der Waals surface area contributed by atoms with Gasteiger partial charge in [0.25, 0.3) is 0 Å². The summed E-state index contributed by atoms with van der Waals surface area (Å²) >= 11 is 5.45. The van der Waals surface area contributed by atoms with Gasteiger partial charge in [-0.05, 0) is 35.8 Å². The van der Waals surface area contributed by atoms with Crippen LogP contribution < -0.4 is 4.74 Å². The standard InChI is InChI=1S/C16H15N3OS/c1-20-14-7-6-13-15(18-14)19(16(21)17-13)9-11-8-10-4-2-3-5-12(10)11/h2-7,11H,8-9H2,1H3,(H,17,21). The van der Waals surface area contributed by atoms with Gasteiger partial charge < -0.3 is 14.3 Å². The molecule has 1 atom stereocenters. The third kappa shape index (κ3) is 1.96. The summed E-state index contributed by atoms with van der Waals surface area (Å²) in [5, 5.41) is 0. The predicted molar refractivity (Wildman–Crippen MR) is 84.4 cm³/mol. The maximum absolute atomic E-state index is 5.45. The summed E-state index contributed by atoms with van der Waals surface area (Å²) in [5.74, 6) is 1.12. The van der Waals surface area contributed by atoms with Gasteiger partial charge in [-0.3, -0.25) is 0 Å². The Balaban J connectivity index is 1.74. The minimum absolute atomic E-state index is 0.514. The number of H-pyrrole nitrogens is 1. The summed E-state index contributed by atoms with van der Waals surface area (Å²) in [5.41, 5.74) is 4.69. The second-order valence-corrected chi connectivity index (χ2v) is 5.75. The van der Waals surface area contributed by atoms with Gasteiger partial charge in [-0.25, -0.2) is 0 Å². The van der Waals surface area contributed by atoms with Gasteiger partial charge in [0.15, 0.2) is 10.4 Å². The molecular weight excluding hydrogens is 282 g/mol. The molecule has 0 bridgehead atoms. The lowest BCUT2D eigenvalue weighted by atomic mass is 9.77. The van der Waals surface area contributed by atoms with Crippen LogP contribution in [0.4, 0.5) is 0 Å². The fourth-order valence-corrected chi connectivity index (χ4v) is 3.31. The number of aromatic nitrogens is 3. The summed E-state index contributed by atoms with van der Waals surface area (Å²) in [7, 11) is 1.63. The first-order chi connectivity index (χ1) is 10.3. The Labute approximate surface area is 127 Å². The molecule has 1 aliphatic rings. The molecule has 1 unspecified atom stereocenters. The molecule has 2 heterocycles. The number of imidazole rings is 1. The van der Waals surface area contributed by atoms with Crippen molar-refractivity contribution < 1.29 is 4.74 Å². The zero-order valence-corrected chi connectivity index (χ0v) is 12.5. The summed E-state index contributed by atoms with van der Waals surface area (Å²) in [4.78, 5) is 7.74. The summed E-state index contributed by atoms with van der Waals surface area (Å²) in [6, 6.07) is 12.4. The monoisotopic (exact) mass is 297 g/mol. The summed E-state index contributed by atoms with van der Waals surface area (Å²) in [6.45, 7) is 0.857. The highest BCUT2D eigenvalue weighted by Crippen LogP contribution is 2.36. The van der Waals surface area contributed by atoms with Crippen LogP contribution in [0.3, 0.4) is 0 Å². The molecule has 21 heavy (non-hydrogen) atoms. The average molecular weight is 297 g/mol. The van der Waals surface area contributed by atoms with Crippen LogP contribution in [-0.4, -0.2) is 21.6 Å². The molecule has 2 aromatic heterocycles. The zero-order chi connectivity index (χ0) is 14.4. The molecule has 1 aliphatic carbocycles. The van der Waals surface area contributed by atoms with Crippen molar-refractivity contribution in [1.82, 2.24) is 14.5 Å². The van der Waals surface area contributed by atoms with E-state index in [9.17, 15) is 0 Å². The first-order valence-corrected chi connectivity index (χ1v) is 7.38. The van der Waals surface area contributed by atoms with Crippen LogP contribution >= 0.6 is 12.2 Å². The van der Waals surface area contributed by atoms with E-state index in [4.69, 9.17) is 17.0 Å². The molecule has 5 heteroatoms. The van der Waals surface area contributed by atoms with E-state index in [1.807, 2.05) is 12.1 Å². The number of nitrogens with one attached hydrogen (secondary N) is 1. The van der Waals surface area contributed by atoms with Crippen molar-refractivity contribution in [2.24, 2.45) is 0 Å². The van der Waals surface area contributed by atoms with Crippen molar-refractivity contribution in [1.29, 1.82) is 0 Å². The first kappa shape index (κ1) is 12.6. The number of nitrogens with zero attached hydrogens (tertiary/aromatic N) is 2. The fourth-order valence-electron chi connectivity index (χ4n) is 3.04. The third-order valence-electron chi connectivity index (χ3n) is 4.17. The second kappa shape index (κ2) is 4.70. The molecular formula is C16H15N3OS. The molecule has 4 rings (SSSR count). The molecule has 0 radical (unpaired) electrons. The molecule has 1 aromatic carbocycles. The van der Waals surface area contributed by atoms with Gasteiger partial charge in [-0.2, -0.15) is 4.98 Å². The number of rotatable bonds is 3. The van der Waals surface area contributed by atoms with Crippen molar-refractivity contribution in [3.05, 3.63) is 52.3 Å². The van der Waals surface area contributed by atoms with Crippen LogP contribution in [0.1, 0.15) is 17.0 Å². The van der Waals surface area contributed by atoms with E-state index >= 15 is 0 Å². The Hall–Kier alpha value is -2.14. The molecule has 0 spiro atoms. The Kier molecular flexibility index (Phi) is 2.82. The number of ether oxygens (including phenoxy) is 1. The highest BCUT2D eigenvalue weighted by atomic mass is 32.1. The lowest BCUT2D eigenvalue weighted by Gasteiger charge is -2.30. The minimum atomic E-state index is 0.514. The van der Waals surface area contributed by atoms with Gasteiger partial charge >= 0.3 is 0 Å². The van der Waals surface area contributed by atoms with E-state index in [0.717, 1.165) is 28.9 Å². The predicted octanol–water partition coefficient (Wildman–Crippen LogP) is 3.44. The van der Waals surface area contributed by atoms with Gasteiger partial charge in [0, 0.05) is 18.5 Å². The van der Waals surface area contributed by atoms with Crippen LogP contribution in [0, 0.1) is 4.77 Å². The molecule has 1 N–H and O–H groups in total. The number of fused-ring (bicyclic) bond motifs is 2. The van der Waals surface area contributed by atoms with Crippen LogP contribution in [0.5, 0.6) is 5.88 Å². The minimum Gasteiger partial charge on any atom is -0.481 e. The molecule has 106 valence electrons. The molecule has 0 saturated heterocycles. The molecule has 0 aliphatic heterocycles. The highest BCUT2D eigenvalue weighted by molar-refractivity contribution is 7.71. The molecule has 0 fully saturated rings. The van der Waals surface area contributed by atoms with Crippen molar-refractivity contribution in [2.45, 2.75) is 18.9 Å². The topological polar surface area (TPSA) is 42.8 Å². The van der Waals surface area contributed by atoms with Crippen LogP contribution in [0.2, 0.25) is 0 Å². The normalized spacial score (nSPS) is 16.5. The van der Waals surface area contributed by atoms with Crippen LogP contribution in [0.15, 0.2) is 36.4 Å². The van der Waals surface area contributed by atoms with Gasteiger partial charge in [0.1, 0.15) is 0 Å². The number of pyridine rings is 1. The molecule has 0 saturated carbocycles. The largest absolute Gasteiger partial charge is 0.481 e. The van der Waals surface area contributed by atoms with Crippen molar-refractivity contribution in [3.63, 3.8) is 0 Å². The molecule has 0 amide bonds. The Morgan fingerprint density at radius 3 is 3.00 bits per heavy atom. The summed E-state index contributed by atoms with van der Waals surface area (Å²) in [6.07, 6.45) is 1.11. The van der Waals surface area contributed by atoms with Crippen molar-refractivity contribution in [3.8, 4) is 5.88 Å². The number of benzene rings is 1. The lowest BCUT2D eigenvalue weighted by molar-refractivity contribution is 0.398. The van der Waals surface area contributed by atoms with Gasteiger partial charge in [-0.1, -0.05) is 24.3 Å². The number of aromatic amines is 1. The zero-order valence-electron chi connectivity index (χ0n) is 11.7. The number of hydrogen-bond acceptors (Lipinski definition) is 3. The van der Waals surface area contributed by atoms with Crippen molar-refractivity contribution >= 4 is 23.4 Å². The van der Waals surface area contributed by atoms with E-state index in [-0.39, 0.29) is 0 Å². The first-order valence-electron chi connectivity index (χ1n) is 6.97. The SMILES string of the molecule is COc1ccc2[nH]c(=S)n(CC3Cc4ccccc43)c2n1. The van der Waals surface area contributed by atoms with Crippen LogP contribution in [-0.2, 0) is 13.0 Å². The summed E-state index contributed by atoms with van der Waals surface area (Å²) < 4.78 is 8.01. The van der Waals surface area contributed by atoms with Gasteiger partial charge in [0.05, 0.1) is 12.6 Å². The number of hydrogen-bond donors (Lipinski definition) is 1. The lowest BCUT2D eigenvalue weighted by Crippen LogP contribution is -2.22. The van der Waals surface area contributed by atoms with E-state index in [2.05, 4.69) is 38.8 Å². The number of methoxy groups -OCH3 is 1. The smallest absolute Gasteiger partial charge is 0.215 e. The molecule has 4 nitrogen and oxygen atoms in total. The van der Waals surface area contributed by atoms with E-state index in [1.165, 1.54) is 11.1 Å². The van der Waals surface area contributed by atoms with E-state index in [1.54, 1.807) is 7.11 Å². The third-order valence-corrected chi connectivity index (χ3v) is 4.49. The quantitative estimate of drug-likeness (QED) is 0.753. The van der Waals surface area contributed by atoms with Crippen molar-refractivity contribution in [2.75, 3.05) is 7.11 Å². The van der Waals surface area contributed by atoms with Gasteiger partial charge in [0.2, 0.25) is 5.88 Å². The average Bonchev–Trinajstić information content (AvgIpc) is 2.79.